The quantitative estimate of drug-likeness (QED) is 0.581. The molecule has 0 aromatic carbocycles. The van der Waals surface area contributed by atoms with Gasteiger partial charge in [0.2, 0.25) is 0 Å². The predicted octanol–water partition coefficient (Wildman–Crippen LogP) is -0.970. The van der Waals surface area contributed by atoms with Gasteiger partial charge in [0.15, 0.2) is 5.89 Å². The van der Waals surface area contributed by atoms with Gasteiger partial charge in [-0.25, -0.2) is 4.98 Å². The van der Waals surface area contributed by atoms with Crippen LogP contribution in [-0.2, 0) is 5.41 Å². The summed E-state index contributed by atoms with van der Waals surface area (Å²) in [5, 5.41) is 0. The molecule has 2 nitrogen and oxygen atoms in total. The average molecular weight is 231 g/mol. The van der Waals surface area contributed by atoms with Crippen LogP contribution in [0.5, 0.6) is 0 Å². The number of rotatable bonds is 1. The van der Waals surface area contributed by atoms with E-state index in [0.29, 0.717) is 0 Å². The summed E-state index contributed by atoms with van der Waals surface area (Å²) in [5.41, 5.74) is -1.47. The van der Waals surface area contributed by atoms with E-state index >= 15 is 0 Å². The molecule has 0 fully saturated rings. The summed E-state index contributed by atoms with van der Waals surface area (Å²) in [4.78, 5) is 3.58. The minimum absolute atomic E-state index is 0. The third-order valence-electron chi connectivity index (χ3n) is 1.49. The van der Waals surface area contributed by atoms with Crippen LogP contribution in [0.3, 0.4) is 0 Å². The van der Waals surface area contributed by atoms with E-state index in [1.54, 1.807) is 20.8 Å². The van der Waals surface area contributed by atoms with Crippen molar-refractivity contribution < 1.29 is 68.7 Å². The van der Waals surface area contributed by atoms with Gasteiger partial charge in [0.05, 0.1) is 5.66 Å². The molecule has 0 aliphatic carbocycles. The molecule has 1 rings (SSSR count). The van der Waals surface area contributed by atoms with Gasteiger partial charge in [-0.15, -0.1) is 0 Å². The Hall–Kier alpha value is 0.701. The smallest absolute Gasteiger partial charge is 0.478 e. The van der Waals surface area contributed by atoms with Crippen molar-refractivity contribution in [3.8, 4) is 0 Å². The van der Waals surface area contributed by atoms with Crippen LogP contribution in [0.25, 0.3) is 0 Å². The second-order valence-electron chi connectivity index (χ2n) is 3.89. The molecule has 0 aliphatic heterocycles. The number of aromatic nitrogens is 1. The second kappa shape index (κ2) is 4.69. The molecule has 7 heteroatoms. The number of hydrogen-bond acceptors (Lipinski definition) is 2. The summed E-state index contributed by atoms with van der Waals surface area (Å²) in [6.45, 7) is 0.161. The Morgan fingerprint density at radius 1 is 1.29 bits per heavy atom. The summed E-state index contributed by atoms with van der Waals surface area (Å²) < 4.78 is 41.0. The van der Waals surface area contributed by atoms with E-state index in [9.17, 15) is 12.9 Å². The van der Waals surface area contributed by atoms with E-state index in [2.05, 4.69) is 9.40 Å². The van der Waals surface area contributed by atoms with Gasteiger partial charge in [0, 0.05) is 11.6 Å². The third kappa shape index (κ3) is 3.69. The number of hydrogen-bond donors (Lipinski definition) is 0. The number of nitrogens with zero attached hydrogens (tertiary/aromatic N) is 1. The zero-order chi connectivity index (χ0) is 10.3. The molecule has 0 amide bonds. The molecular formula is C7H10BF3KNO. The van der Waals surface area contributed by atoms with Crippen LogP contribution >= 0.6 is 0 Å². The van der Waals surface area contributed by atoms with Crippen molar-refractivity contribution in [2.75, 3.05) is 0 Å². The van der Waals surface area contributed by atoms with Gasteiger partial charge in [-0.2, -0.15) is 0 Å². The van der Waals surface area contributed by atoms with E-state index in [-0.39, 0.29) is 57.3 Å². The molecule has 0 N–H and O–H groups in total. The van der Waals surface area contributed by atoms with Crippen LogP contribution in [0.2, 0.25) is 0 Å². The van der Waals surface area contributed by atoms with Gasteiger partial charge in [-0.3, -0.25) is 0 Å². The van der Waals surface area contributed by atoms with Crippen molar-refractivity contribution in [2.45, 2.75) is 26.2 Å². The molecule has 0 spiro atoms. The van der Waals surface area contributed by atoms with Crippen molar-refractivity contribution in [2.24, 2.45) is 0 Å². The van der Waals surface area contributed by atoms with Crippen LogP contribution in [0.4, 0.5) is 12.9 Å². The zero-order valence-electron chi connectivity index (χ0n) is 8.64. The maximum absolute atomic E-state index is 12.1. The molecule has 14 heavy (non-hydrogen) atoms. The van der Waals surface area contributed by atoms with Crippen molar-refractivity contribution in [1.82, 2.24) is 4.98 Å². The van der Waals surface area contributed by atoms with Crippen molar-refractivity contribution in [3.63, 3.8) is 0 Å². The predicted molar refractivity (Wildman–Crippen MR) is 43.9 cm³/mol. The summed E-state index contributed by atoms with van der Waals surface area (Å²) in [6, 6.07) is 0. The molecule has 0 saturated heterocycles. The number of halogens is 3. The molecule has 1 heterocycles. The summed E-state index contributed by atoms with van der Waals surface area (Å²) in [7, 11) is 0. The Labute approximate surface area is 123 Å². The normalized spacial score (nSPS) is 12.4. The van der Waals surface area contributed by atoms with E-state index < -0.39 is 18.1 Å². The fourth-order valence-corrected chi connectivity index (χ4v) is 0.785. The van der Waals surface area contributed by atoms with Gasteiger partial charge in [-0.05, 0) is 0 Å². The van der Waals surface area contributed by atoms with Crippen LogP contribution in [-0.4, -0.2) is 12.0 Å². The first-order valence-corrected chi connectivity index (χ1v) is 3.87. The molecule has 0 saturated carbocycles. The summed E-state index contributed by atoms with van der Waals surface area (Å²) in [5.74, 6) is 0.113. The Balaban J connectivity index is 0.00000169. The van der Waals surface area contributed by atoms with Gasteiger partial charge in [-0.1, -0.05) is 20.8 Å². The second-order valence-corrected chi connectivity index (χ2v) is 3.89. The van der Waals surface area contributed by atoms with Crippen LogP contribution in [0.15, 0.2) is 10.6 Å². The molecule has 1 aromatic rings. The molecule has 74 valence electrons. The molecule has 0 unspecified atom stereocenters. The SMILES string of the molecule is CC(C)(C)c1ncc([B-](F)(F)F)o1.[K+]. The fraction of sp³-hybridized carbons (Fsp3) is 0.571. The first kappa shape index (κ1) is 14.7. The van der Waals surface area contributed by atoms with E-state index in [0.717, 1.165) is 6.20 Å². The monoisotopic (exact) mass is 231 g/mol. The largest absolute Gasteiger partial charge is 1.00 e. The third-order valence-corrected chi connectivity index (χ3v) is 1.49. The fourth-order valence-electron chi connectivity index (χ4n) is 0.785. The molecule has 0 aliphatic rings. The Bertz CT molecular complexity index is 276. The standard InChI is InChI=1S/C7H10BF3NO.K/c1-7(2,3)6-12-4-5(13-6)8(9,10)11;/h4H,1-3H3;/q-1;+1. The van der Waals surface area contributed by atoms with Crippen LogP contribution in [0, 0.1) is 0 Å². The molecule has 0 atom stereocenters. The maximum atomic E-state index is 12.1. The summed E-state index contributed by atoms with van der Waals surface area (Å²) in [6.07, 6.45) is 0.737. The van der Waals surface area contributed by atoms with Crippen molar-refractivity contribution >= 4 is 12.6 Å². The van der Waals surface area contributed by atoms with Crippen LogP contribution < -0.4 is 57.0 Å². The van der Waals surface area contributed by atoms with E-state index in [1.807, 2.05) is 0 Å². The minimum Gasteiger partial charge on any atom is -0.478 e. The zero-order valence-corrected chi connectivity index (χ0v) is 11.8. The molecular weight excluding hydrogens is 221 g/mol. The average Bonchev–Trinajstić information content (AvgIpc) is 2.28. The van der Waals surface area contributed by atoms with Gasteiger partial charge in [0.25, 0.3) is 0 Å². The molecule has 0 radical (unpaired) electrons. The van der Waals surface area contributed by atoms with E-state index in [4.69, 9.17) is 0 Å². The van der Waals surface area contributed by atoms with E-state index in [1.165, 1.54) is 0 Å². The van der Waals surface area contributed by atoms with Crippen molar-refractivity contribution in [1.29, 1.82) is 0 Å². The molecule has 1 aromatic heterocycles. The first-order chi connectivity index (χ1) is 5.71. The van der Waals surface area contributed by atoms with Gasteiger partial charge in [0.1, 0.15) is 0 Å². The molecule has 0 bridgehead atoms. The first-order valence-electron chi connectivity index (χ1n) is 3.87. The maximum Gasteiger partial charge on any atom is 1.00 e. The van der Waals surface area contributed by atoms with Crippen molar-refractivity contribution in [3.05, 3.63) is 12.1 Å². The van der Waals surface area contributed by atoms with Gasteiger partial charge < -0.3 is 17.4 Å². The Kier molecular flexibility index (Phi) is 4.93. The summed E-state index contributed by atoms with van der Waals surface area (Å²) >= 11 is 0. The number of oxazole rings is 1. The topological polar surface area (TPSA) is 26.0 Å². The minimum atomic E-state index is -5.07. The Morgan fingerprint density at radius 2 is 1.79 bits per heavy atom. The van der Waals surface area contributed by atoms with Gasteiger partial charge >= 0.3 is 58.4 Å². The Morgan fingerprint density at radius 3 is 2.00 bits per heavy atom. The van der Waals surface area contributed by atoms with Crippen LogP contribution in [0.1, 0.15) is 26.7 Å².